The largest absolute Gasteiger partial charge is 0.495 e. The van der Waals surface area contributed by atoms with Crippen LogP contribution in [0.4, 0.5) is 5.69 Å². The number of methoxy groups -OCH3 is 2. The smallest absolute Gasteiger partial charge is 0.239 e. The van der Waals surface area contributed by atoms with Gasteiger partial charge in [-0.1, -0.05) is 11.6 Å². The van der Waals surface area contributed by atoms with Crippen LogP contribution in [0.5, 0.6) is 11.5 Å². The Balaban J connectivity index is 2.65. The highest BCUT2D eigenvalue weighted by Crippen LogP contribution is 2.35. The predicted octanol–water partition coefficient (Wildman–Crippen LogP) is 1.80. The molecule has 0 aliphatic heterocycles. The number of nitriles is 1. The molecule has 0 atom stereocenters. The number of carbonyl (C=O) groups excluding carboxylic acids is 1. The van der Waals surface area contributed by atoms with Crippen molar-refractivity contribution in [3.8, 4) is 17.6 Å². The van der Waals surface area contributed by atoms with E-state index >= 15 is 0 Å². The minimum absolute atomic E-state index is 0.0600. The summed E-state index contributed by atoms with van der Waals surface area (Å²) in [5.41, 5.74) is 0.591. The average Bonchev–Trinajstić information content (AvgIpc) is 2.45. The number of amides is 1. The molecule has 6 nitrogen and oxygen atoms in total. The Morgan fingerprint density at radius 3 is 2.65 bits per heavy atom. The van der Waals surface area contributed by atoms with Crippen molar-refractivity contribution in [2.24, 2.45) is 0 Å². The van der Waals surface area contributed by atoms with Crippen LogP contribution in [0.25, 0.3) is 0 Å². The molecule has 0 bridgehead atoms. The van der Waals surface area contributed by atoms with E-state index in [2.05, 4.69) is 10.6 Å². The van der Waals surface area contributed by atoms with Crippen LogP contribution >= 0.6 is 11.6 Å². The average molecular weight is 298 g/mol. The fraction of sp³-hybridized carbons (Fsp3) is 0.385. The number of benzene rings is 1. The van der Waals surface area contributed by atoms with Gasteiger partial charge in [-0.25, -0.2) is 0 Å². The zero-order valence-corrected chi connectivity index (χ0v) is 12.1. The van der Waals surface area contributed by atoms with Crippen LogP contribution in [0.3, 0.4) is 0 Å². The van der Waals surface area contributed by atoms with Gasteiger partial charge in [0.1, 0.15) is 11.5 Å². The second-order valence-corrected chi connectivity index (χ2v) is 4.21. The Bertz CT molecular complexity index is 514. The van der Waals surface area contributed by atoms with Crippen LogP contribution in [0.15, 0.2) is 12.1 Å². The van der Waals surface area contributed by atoms with Gasteiger partial charge >= 0.3 is 0 Å². The number of carbonyl (C=O) groups is 1. The maximum Gasteiger partial charge on any atom is 0.239 e. The molecule has 0 saturated heterocycles. The van der Waals surface area contributed by atoms with Crippen molar-refractivity contribution in [1.29, 1.82) is 5.26 Å². The van der Waals surface area contributed by atoms with Crippen LogP contribution in [0.1, 0.15) is 6.42 Å². The van der Waals surface area contributed by atoms with Gasteiger partial charge in [-0.3, -0.25) is 4.79 Å². The number of halogens is 1. The first kappa shape index (κ1) is 15.9. The normalized spacial score (nSPS) is 9.50. The van der Waals surface area contributed by atoms with Gasteiger partial charge < -0.3 is 20.1 Å². The molecule has 1 rings (SSSR count). The number of rotatable bonds is 7. The second kappa shape index (κ2) is 8.12. The van der Waals surface area contributed by atoms with E-state index in [9.17, 15) is 4.79 Å². The van der Waals surface area contributed by atoms with Crippen molar-refractivity contribution in [3.63, 3.8) is 0 Å². The minimum Gasteiger partial charge on any atom is -0.495 e. The van der Waals surface area contributed by atoms with Gasteiger partial charge in [-0.15, -0.1) is 0 Å². The van der Waals surface area contributed by atoms with E-state index < -0.39 is 0 Å². The minimum atomic E-state index is -0.214. The standard InChI is InChI=1S/C13H16ClN3O3/c1-19-11-7-12(20-2)10(6-9(11)14)17-8-13(18)16-5-3-4-15/h6-7,17H,3,5,8H2,1-2H3,(H,16,18). The summed E-state index contributed by atoms with van der Waals surface area (Å²) < 4.78 is 10.3. The van der Waals surface area contributed by atoms with Gasteiger partial charge in [0, 0.05) is 12.6 Å². The van der Waals surface area contributed by atoms with Crippen LogP contribution in [-0.4, -0.2) is 33.2 Å². The summed E-state index contributed by atoms with van der Waals surface area (Å²) in [6, 6.07) is 5.21. The number of hydrogen-bond acceptors (Lipinski definition) is 5. The molecular formula is C13H16ClN3O3. The lowest BCUT2D eigenvalue weighted by molar-refractivity contribution is -0.119. The van der Waals surface area contributed by atoms with E-state index in [1.54, 1.807) is 12.1 Å². The van der Waals surface area contributed by atoms with E-state index in [4.69, 9.17) is 26.3 Å². The van der Waals surface area contributed by atoms with Gasteiger partial charge in [-0.05, 0) is 6.07 Å². The highest BCUT2D eigenvalue weighted by molar-refractivity contribution is 6.32. The fourth-order valence-corrected chi connectivity index (χ4v) is 1.73. The third-order valence-corrected chi connectivity index (χ3v) is 2.77. The topological polar surface area (TPSA) is 83.4 Å². The third-order valence-electron chi connectivity index (χ3n) is 2.47. The molecule has 7 heteroatoms. The molecule has 0 heterocycles. The molecule has 0 saturated carbocycles. The van der Waals surface area contributed by atoms with Crippen LogP contribution < -0.4 is 20.1 Å². The molecule has 0 spiro atoms. The predicted molar refractivity (Wildman–Crippen MR) is 76.3 cm³/mol. The lowest BCUT2D eigenvalue weighted by Crippen LogP contribution is -2.30. The van der Waals surface area contributed by atoms with E-state index in [1.807, 2.05) is 6.07 Å². The monoisotopic (exact) mass is 297 g/mol. The van der Waals surface area contributed by atoms with Crippen molar-refractivity contribution in [2.75, 3.05) is 32.6 Å². The Morgan fingerprint density at radius 1 is 1.35 bits per heavy atom. The van der Waals surface area contributed by atoms with Crippen molar-refractivity contribution in [2.45, 2.75) is 6.42 Å². The summed E-state index contributed by atoms with van der Waals surface area (Å²) in [6.45, 7) is 0.391. The Labute approximate surface area is 122 Å². The number of nitrogens with one attached hydrogen (secondary N) is 2. The molecule has 0 aromatic heterocycles. The maximum atomic E-state index is 11.5. The molecule has 0 fully saturated rings. The van der Waals surface area contributed by atoms with Crippen molar-refractivity contribution in [3.05, 3.63) is 17.2 Å². The van der Waals surface area contributed by atoms with E-state index in [-0.39, 0.29) is 18.9 Å². The van der Waals surface area contributed by atoms with E-state index in [0.717, 1.165) is 0 Å². The highest BCUT2D eigenvalue weighted by atomic mass is 35.5. The van der Waals surface area contributed by atoms with Gasteiger partial charge in [0.05, 0.1) is 44.0 Å². The summed E-state index contributed by atoms with van der Waals surface area (Å²) in [6.07, 6.45) is 0.281. The number of nitrogens with zero attached hydrogens (tertiary/aromatic N) is 1. The van der Waals surface area contributed by atoms with Gasteiger partial charge in [0.2, 0.25) is 5.91 Å². The van der Waals surface area contributed by atoms with Gasteiger partial charge in [-0.2, -0.15) is 5.26 Å². The summed E-state index contributed by atoms with van der Waals surface area (Å²) >= 11 is 6.02. The number of ether oxygens (including phenoxy) is 2. The Hall–Kier alpha value is -2.13. The van der Waals surface area contributed by atoms with Crippen molar-refractivity contribution in [1.82, 2.24) is 5.32 Å². The molecule has 0 radical (unpaired) electrons. The van der Waals surface area contributed by atoms with Crippen LogP contribution in [-0.2, 0) is 4.79 Å². The summed E-state index contributed by atoms with van der Waals surface area (Å²) in [5.74, 6) is 0.804. The summed E-state index contributed by atoms with van der Waals surface area (Å²) in [4.78, 5) is 11.5. The first-order valence-corrected chi connectivity index (χ1v) is 6.29. The number of anilines is 1. The van der Waals surface area contributed by atoms with Crippen molar-refractivity contribution < 1.29 is 14.3 Å². The van der Waals surface area contributed by atoms with E-state index in [0.29, 0.717) is 28.8 Å². The molecule has 1 aromatic carbocycles. The van der Waals surface area contributed by atoms with E-state index in [1.165, 1.54) is 14.2 Å². The van der Waals surface area contributed by atoms with Gasteiger partial charge in [0.25, 0.3) is 0 Å². The molecule has 1 amide bonds. The number of hydrogen-bond donors (Lipinski definition) is 2. The quantitative estimate of drug-likeness (QED) is 0.750. The molecule has 1 aromatic rings. The van der Waals surface area contributed by atoms with Gasteiger partial charge in [0.15, 0.2) is 0 Å². The summed E-state index contributed by atoms with van der Waals surface area (Å²) in [7, 11) is 3.03. The Kier molecular flexibility index (Phi) is 6.47. The van der Waals surface area contributed by atoms with Crippen molar-refractivity contribution >= 4 is 23.2 Å². The second-order valence-electron chi connectivity index (χ2n) is 3.80. The molecule has 0 unspecified atom stereocenters. The zero-order chi connectivity index (χ0) is 15.0. The lowest BCUT2D eigenvalue weighted by Gasteiger charge is -2.13. The molecule has 20 heavy (non-hydrogen) atoms. The lowest BCUT2D eigenvalue weighted by atomic mass is 10.2. The molecule has 108 valence electrons. The summed E-state index contributed by atoms with van der Waals surface area (Å²) in [5, 5.41) is 14.3. The first-order chi connectivity index (χ1) is 9.62. The van der Waals surface area contributed by atoms with Crippen LogP contribution in [0.2, 0.25) is 5.02 Å². The Morgan fingerprint density at radius 2 is 2.05 bits per heavy atom. The maximum absolute atomic E-state index is 11.5. The molecule has 0 aliphatic carbocycles. The SMILES string of the molecule is COc1cc(OC)c(NCC(=O)NCCC#N)cc1Cl. The zero-order valence-electron chi connectivity index (χ0n) is 11.3. The molecule has 2 N–H and O–H groups in total. The third kappa shape index (κ3) is 4.52. The fourth-order valence-electron chi connectivity index (χ4n) is 1.49. The highest BCUT2D eigenvalue weighted by Gasteiger charge is 2.10. The van der Waals surface area contributed by atoms with Crippen LogP contribution in [0, 0.1) is 11.3 Å². The first-order valence-electron chi connectivity index (χ1n) is 5.91. The molecular weight excluding hydrogens is 282 g/mol. The molecule has 0 aliphatic rings.